The average Bonchev–Trinajstić information content (AvgIpc) is 2.44. The number of ether oxygens (including phenoxy) is 1. The van der Waals surface area contributed by atoms with E-state index in [-0.39, 0.29) is 5.69 Å². The van der Waals surface area contributed by atoms with Gasteiger partial charge in [0.15, 0.2) is 0 Å². The number of esters is 1. The second-order valence-corrected chi connectivity index (χ2v) is 4.18. The molecule has 1 aromatic rings. The third-order valence-electron chi connectivity index (χ3n) is 2.49. The lowest BCUT2D eigenvalue weighted by atomic mass is 10.3. The second kappa shape index (κ2) is 8.85. The molecule has 0 bridgehead atoms. The Hall–Kier alpha value is -2.17. The fraction of sp³-hybridized carbons (Fsp3) is 0.333. The van der Waals surface area contributed by atoms with Crippen LogP contribution in [0.25, 0.3) is 0 Å². The zero-order chi connectivity index (χ0) is 14.8. The fourth-order valence-electron chi connectivity index (χ4n) is 1.45. The number of carbonyl (C=O) groups is 2. The van der Waals surface area contributed by atoms with E-state index in [1.807, 2.05) is 0 Å². The van der Waals surface area contributed by atoms with Gasteiger partial charge in [-0.05, 0) is 18.6 Å². The molecule has 0 unspecified atom stereocenters. The molecule has 0 saturated heterocycles. The van der Waals surface area contributed by atoms with Crippen molar-refractivity contribution >= 4 is 17.6 Å². The molecule has 0 aliphatic carbocycles. The maximum Gasteiger partial charge on any atom is 0.330 e. The molecule has 0 aliphatic heterocycles. The normalized spacial score (nSPS) is 10.5. The maximum absolute atomic E-state index is 13.3. The van der Waals surface area contributed by atoms with Gasteiger partial charge in [-0.1, -0.05) is 31.9 Å². The highest BCUT2D eigenvalue weighted by Gasteiger charge is 2.04. The predicted octanol–water partition coefficient (Wildman–Crippen LogP) is 3.05. The lowest BCUT2D eigenvalue weighted by Crippen LogP contribution is -2.10. The molecule has 1 rings (SSSR count). The number of para-hydroxylation sites is 1. The van der Waals surface area contributed by atoms with Crippen molar-refractivity contribution in [3.63, 3.8) is 0 Å². The SMILES string of the molecule is CCCCCOC(=O)/C=C/C(=O)Nc1ccccc1F. The van der Waals surface area contributed by atoms with Gasteiger partial charge < -0.3 is 10.1 Å². The molecule has 5 heteroatoms. The number of halogens is 1. The van der Waals surface area contributed by atoms with Crippen LogP contribution < -0.4 is 5.32 Å². The Balaban J connectivity index is 2.36. The summed E-state index contributed by atoms with van der Waals surface area (Å²) < 4.78 is 18.1. The Labute approximate surface area is 117 Å². The Bertz CT molecular complexity index is 486. The number of nitrogens with one attached hydrogen (secondary N) is 1. The summed E-state index contributed by atoms with van der Waals surface area (Å²) in [5, 5.41) is 2.33. The number of amides is 1. The van der Waals surface area contributed by atoms with E-state index in [4.69, 9.17) is 4.74 Å². The van der Waals surface area contributed by atoms with Crippen LogP contribution in [-0.2, 0) is 14.3 Å². The lowest BCUT2D eigenvalue weighted by molar-refractivity contribution is -0.138. The van der Waals surface area contributed by atoms with Crippen molar-refractivity contribution in [3.05, 3.63) is 42.2 Å². The van der Waals surface area contributed by atoms with Crippen LogP contribution in [0.4, 0.5) is 10.1 Å². The van der Waals surface area contributed by atoms with E-state index >= 15 is 0 Å². The largest absolute Gasteiger partial charge is 0.463 e. The number of carbonyl (C=O) groups excluding carboxylic acids is 2. The highest BCUT2D eigenvalue weighted by atomic mass is 19.1. The van der Waals surface area contributed by atoms with Crippen molar-refractivity contribution in [1.82, 2.24) is 0 Å². The van der Waals surface area contributed by atoms with Crippen molar-refractivity contribution in [2.75, 3.05) is 11.9 Å². The summed E-state index contributed by atoms with van der Waals surface area (Å²) >= 11 is 0. The molecule has 1 amide bonds. The Morgan fingerprint density at radius 3 is 2.70 bits per heavy atom. The molecule has 0 atom stereocenters. The summed E-state index contributed by atoms with van der Waals surface area (Å²) in [5.74, 6) is -1.69. The molecular formula is C15H18FNO3. The van der Waals surface area contributed by atoms with Gasteiger partial charge in [-0.15, -0.1) is 0 Å². The van der Waals surface area contributed by atoms with Gasteiger partial charge in [-0.2, -0.15) is 0 Å². The first-order valence-electron chi connectivity index (χ1n) is 6.54. The van der Waals surface area contributed by atoms with Crippen LogP contribution in [0.15, 0.2) is 36.4 Å². The highest BCUT2D eigenvalue weighted by molar-refractivity contribution is 6.02. The zero-order valence-electron chi connectivity index (χ0n) is 11.4. The number of unbranched alkanes of at least 4 members (excludes halogenated alkanes) is 2. The van der Waals surface area contributed by atoms with E-state index in [9.17, 15) is 14.0 Å². The predicted molar refractivity (Wildman–Crippen MR) is 74.7 cm³/mol. The van der Waals surface area contributed by atoms with E-state index in [0.717, 1.165) is 31.4 Å². The van der Waals surface area contributed by atoms with E-state index in [1.54, 1.807) is 6.07 Å². The summed E-state index contributed by atoms with van der Waals surface area (Å²) in [6.07, 6.45) is 4.89. The number of anilines is 1. The minimum absolute atomic E-state index is 0.0680. The lowest BCUT2D eigenvalue weighted by Gasteiger charge is -2.03. The van der Waals surface area contributed by atoms with Gasteiger partial charge in [0.1, 0.15) is 5.82 Å². The second-order valence-electron chi connectivity index (χ2n) is 4.18. The fourth-order valence-corrected chi connectivity index (χ4v) is 1.45. The number of hydrogen-bond acceptors (Lipinski definition) is 3. The highest BCUT2D eigenvalue weighted by Crippen LogP contribution is 2.11. The van der Waals surface area contributed by atoms with Crippen molar-refractivity contribution in [3.8, 4) is 0 Å². The molecule has 0 fully saturated rings. The van der Waals surface area contributed by atoms with Crippen LogP contribution in [0.2, 0.25) is 0 Å². The molecule has 0 spiro atoms. The van der Waals surface area contributed by atoms with E-state index in [1.165, 1.54) is 18.2 Å². The first-order valence-corrected chi connectivity index (χ1v) is 6.54. The topological polar surface area (TPSA) is 55.4 Å². The van der Waals surface area contributed by atoms with Crippen LogP contribution in [0, 0.1) is 5.82 Å². The molecule has 108 valence electrons. The summed E-state index contributed by atoms with van der Waals surface area (Å²) in [5.41, 5.74) is 0.0680. The molecule has 0 aliphatic rings. The standard InChI is InChI=1S/C15H18FNO3/c1-2-3-6-11-20-15(19)10-9-14(18)17-13-8-5-4-7-12(13)16/h4-5,7-10H,2-3,6,11H2,1H3,(H,17,18)/b10-9+. The van der Waals surface area contributed by atoms with Crippen LogP contribution in [-0.4, -0.2) is 18.5 Å². The maximum atomic E-state index is 13.3. The average molecular weight is 279 g/mol. The summed E-state index contributed by atoms with van der Waals surface area (Å²) in [6.45, 7) is 2.39. The molecule has 0 heterocycles. The van der Waals surface area contributed by atoms with Gasteiger partial charge in [0, 0.05) is 12.2 Å². The molecule has 0 aromatic heterocycles. The Kier molecular flexibility index (Phi) is 7.03. The third-order valence-corrected chi connectivity index (χ3v) is 2.49. The van der Waals surface area contributed by atoms with Gasteiger partial charge in [-0.3, -0.25) is 4.79 Å². The first-order chi connectivity index (χ1) is 9.63. The Morgan fingerprint density at radius 2 is 2.00 bits per heavy atom. The molecule has 1 aromatic carbocycles. The summed E-state index contributed by atoms with van der Waals surface area (Å²) in [4.78, 5) is 22.7. The number of hydrogen-bond donors (Lipinski definition) is 1. The Morgan fingerprint density at radius 1 is 1.25 bits per heavy atom. The molecule has 0 radical (unpaired) electrons. The van der Waals surface area contributed by atoms with Gasteiger partial charge in [0.05, 0.1) is 12.3 Å². The third kappa shape index (κ3) is 6.13. The van der Waals surface area contributed by atoms with Gasteiger partial charge >= 0.3 is 5.97 Å². The summed E-state index contributed by atoms with van der Waals surface area (Å²) in [6, 6.07) is 5.80. The smallest absolute Gasteiger partial charge is 0.330 e. The van der Waals surface area contributed by atoms with E-state index < -0.39 is 17.7 Å². The van der Waals surface area contributed by atoms with Crippen molar-refractivity contribution < 1.29 is 18.7 Å². The van der Waals surface area contributed by atoms with Crippen molar-refractivity contribution in [2.45, 2.75) is 26.2 Å². The number of benzene rings is 1. The van der Waals surface area contributed by atoms with Crippen LogP contribution in [0.1, 0.15) is 26.2 Å². The number of rotatable bonds is 7. The van der Waals surface area contributed by atoms with Gasteiger partial charge in [0.2, 0.25) is 5.91 Å². The van der Waals surface area contributed by atoms with Crippen LogP contribution >= 0.6 is 0 Å². The molecule has 4 nitrogen and oxygen atoms in total. The zero-order valence-corrected chi connectivity index (χ0v) is 11.4. The monoisotopic (exact) mass is 279 g/mol. The molecular weight excluding hydrogens is 261 g/mol. The van der Waals surface area contributed by atoms with Crippen molar-refractivity contribution in [2.24, 2.45) is 0 Å². The van der Waals surface area contributed by atoms with Gasteiger partial charge in [-0.25, -0.2) is 9.18 Å². The first kappa shape index (κ1) is 15.9. The van der Waals surface area contributed by atoms with Crippen LogP contribution in [0.5, 0.6) is 0 Å². The quantitative estimate of drug-likeness (QED) is 0.474. The van der Waals surface area contributed by atoms with Crippen molar-refractivity contribution in [1.29, 1.82) is 0 Å². The minimum Gasteiger partial charge on any atom is -0.463 e. The molecule has 1 N–H and O–H groups in total. The van der Waals surface area contributed by atoms with E-state index in [0.29, 0.717) is 6.61 Å². The van der Waals surface area contributed by atoms with Crippen LogP contribution in [0.3, 0.4) is 0 Å². The van der Waals surface area contributed by atoms with E-state index in [2.05, 4.69) is 12.2 Å². The summed E-state index contributed by atoms with van der Waals surface area (Å²) in [7, 11) is 0. The molecule has 20 heavy (non-hydrogen) atoms. The van der Waals surface area contributed by atoms with Gasteiger partial charge in [0.25, 0.3) is 0 Å². The molecule has 0 saturated carbocycles. The minimum atomic E-state index is -0.583.